The van der Waals surface area contributed by atoms with Gasteiger partial charge >= 0.3 is 0 Å². The molecule has 1 saturated heterocycles. The summed E-state index contributed by atoms with van der Waals surface area (Å²) < 4.78 is 0. The van der Waals surface area contributed by atoms with Crippen LogP contribution in [-0.4, -0.2) is 43.9 Å². The lowest BCUT2D eigenvalue weighted by molar-refractivity contribution is 0.112. The second-order valence-corrected chi connectivity index (χ2v) is 4.55. The molecule has 1 heterocycles. The number of nitrogens with one attached hydrogen (secondary N) is 1. The maximum atomic E-state index is 10.5. The Kier molecular flexibility index (Phi) is 4.71. The quantitative estimate of drug-likeness (QED) is 0.778. The molecule has 0 radical (unpaired) electrons. The van der Waals surface area contributed by atoms with Crippen LogP contribution in [0.1, 0.15) is 22.3 Å². The Hall–Kier alpha value is -1.19. The lowest BCUT2D eigenvalue weighted by atomic mass is 10.1. The molecule has 0 saturated carbocycles. The molecule has 0 aromatic heterocycles. The normalized spacial score (nSPS) is 16.9. The fourth-order valence-corrected chi connectivity index (χ4v) is 2.20. The minimum absolute atomic E-state index is 0.760. The summed E-state index contributed by atoms with van der Waals surface area (Å²) in [6.07, 6.45) is 3.19. The SMILES string of the molecule is O=Cc1ccc(CCCN2CCNCC2)cc1. The molecule has 2 rings (SSSR count). The van der Waals surface area contributed by atoms with Crippen molar-refractivity contribution in [3.8, 4) is 0 Å². The average molecular weight is 232 g/mol. The van der Waals surface area contributed by atoms with E-state index >= 15 is 0 Å². The summed E-state index contributed by atoms with van der Waals surface area (Å²) >= 11 is 0. The summed E-state index contributed by atoms with van der Waals surface area (Å²) in [4.78, 5) is 13.0. The number of aryl methyl sites for hydroxylation is 1. The van der Waals surface area contributed by atoms with E-state index in [1.165, 1.54) is 31.6 Å². The van der Waals surface area contributed by atoms with Crippen molar-refractivity contribution in [2.75, 3.05) is 32.7 Å². The molecule has 1 aliphatic heterocycles. The van der Waals surface area contributed by atoms with E-state index in [-0.39, 0.29) is 0 Å². The maximum Gasteiger partial charge on any atom is 0.150 e. The summed E-state index contributed by atoms with van der Waals surface area (Å²) in [5.74, 6) is 0. The summed E-state index contributed by atoms with van der Waals surface area (Å²) in [6, 6.07) is 7.91. The van der Waals surface area contributed by atoms with Crippen molar-refractivity contribution in [2.24, 2.45) is 0 Å². The Morgan fingerprint density at radius 1 is 1.18 bits per heavy atom. The molecular weight excluding hydrogens is 212 g/mol. The van der Waals surface area contributed by atoms with Gasteiger partial charge in [-0.15, -0.1) is 0 Å². The van der Waals surface area contributed by atoms with Gasteiger partial charge in [-0.3, -0.25) is 4.79 Å². The second-order valence-electron chi connectivity index (χ2n) is 4.55. The zero-order valence-corrected chi connectivity index (χ0v) is 10.2. The third-order valence-electron chi connectivity index (χ3n) is 3.27. The number of piperazine rings is 1. The topological polar surface area (TPSA) is 32.3 Å². The first-order valence-corrected chi connectivity index (χ1v) is 6.36. The van der Waals surface area contributed by atoms with E-state index in [2.05, 4.69) is 22.3 Å². The highest BCUT2D eigenvalue weighted by atomic mass is 16.1. The first-order valence-electron chi connectivity index (χ1n) is 6.36. The predicted molar refractivity (Wildman–Crippen MR) is 69.5 cm³/mol. The first kappa shape index (κ1) is 12.3. The molecule has 1 aromatic carbocycles. The van der Waals surface area contributed by atoms with Crippen LogP contribution in [0.4, 0.5) is 0 Å². The Labute approximate surface area is 103 Å². The van der Waals surface area contributed by atoms with Gasteiger partial charge in [-0.05, 0) is 24.9 Å². The second kappa shape index (κ2) is 6.52. The summed E-state index contributed by atoms with van der Waals surface area (Å²) in [7, 11) is 0. The van der Waals surface area contributed by atoms with Gasteiger partial charge in [0, 0.05) is 31.7 Å². The van der Waals surface area contributed by atoms with Crippen LogP contribution in [0.25, 0.3) is 0 Å². The molecule has 0 atom stereocenters. The van der Waals surface area contributed by atoms with Crippen molar-refractivity contribution in [2.45, 2.75) is 12.8 Å². The Balaban J connectivity index is 1.71. The number of hydrogen-bond donors (Lipinski definition) is 1. The van der Waals surface area contributed by atoms with Crippen molar-refractivity contribution in [3.63, 3.8) is 0 Å². The van der Waals surface area contributed by atoms with Crippen LogP contribution in [-0.2, 0) is 6.42 Å². The predicted octanol–water partition coefficient (Wildman–Crippen LogP) is 1.34. The number of benzene rings is 1. The van der Waals surface area contributed by atoms with Gasteiger partial charge in [0.25, 0.3) is 0 Å². The highest BCUT2D eigenvalue weighted by molar-refractivity contribution is 5.74. The molecule has 3 nitrogen and oxygen atoms in total. The van der Waals surface area contributed by atoms with Gasteiger partial charge < -0.3 is 10.2 Å². The monoisotopic (exact) mass is 232 g/mol. The van der Waals surface area contributed by atoms with Crippen LogP contribution in [0.5, 0.6) is 0 Å². The van der Waals surface area contributed by atoms with Gasteiger partial charge in [0.15, 0.2) is 0 Å². The molecule has 1 N–H and O–H groups in total. The molecule has 0 bridgehead atoms. The molecule has 0 aliphatic carbocycles. The number of carbonyl (C=O) groups is 1. The van der Waals surface area contributed by atoms with Crippen LogP contribution >= 0.6 is 0 Å². The smallest absolute Gasteiger partial charge is 0.150 e. The molecule has 0 unspecified atom stereocenters. The molecule has 92 valence electrons. The van der Waals surface area contributed by atoms with E-state index in [4.69, 9.17) is 0 Å². The minimum atomic E-state index is 0.760. The van der Waals surface area contributed by atoms with Crippen molar-refractivity contribution in [3.05, 3.63) is 35.4 Å². The van der Waals surface area contributed by atoms with Crippen molar-refractivity contribution < 1.29 is 4.79 Å². The van der Waals surface area contributed by atoms with Crippen LogP contribution in [0, 0.1) is 0 Å². The molecule has 1 aliphatic rings. The number of rotatable bonds is 5. The zero-order chi connectivity index (χ0) is 11.9. The van der Waals surface area contributed by atoms with Crippen LogP contribution < -0.4 is 5.32 Å². The maximum absolute atomic E-state index is 10.5. The van der Waals surface area contributed by atoms with Gasteiger partial charge in [-0.25, -0.2) is 0 Å². The van der Waals surface area contributed by atoms with E-state index < -0.39 is 0 Å². The molecule has 0 amide bonds. The van der Waals surface area contributed by atoms with E-state index in [1.807, 2.05) is 12.1 Å². The average Bonchev–Trinajstić information content (AvgIpc) is 2.41. The number of carbonyl (C=O) groups excluding carboxylic acids is 1. The van der Waals surface area contributed by atoms with Crippen molar-refractivity contribution >= 4 is 6.29 Å². The van der Waals surface area contributed by atoms with Gasteiger partial charge in [-0.2, -0.15) is 0 Å². The number of hydrogen-bond acceptors (Lipinski definition) is 3. The zero-order valence-electron chi connectivity index (χ0n) is 10.2. The van der Waals surface area contributed by atoms with Gasteiger partial charge in [-0.1, -0.05) is 24.3 Å². The number of nitrogens with zero attached hydrogens (tertiary/aromatic N) is 1. The Morgan fingerprint density at radius 2 is 1.88 bits per heavy atom. The van der Waals surface area contributed by atoms with Gasteiger partial charge in [0.05, 0.1) is 0 Å². The first-order chi connectivity index (χ1) is 8.38. The molecule has 17 heavy (non-hydrogen) atoms. The molecule has 1 aromatic rings. The van der Waals surface area contributed by atoms with Crippen molar-refractivity contribution in [1.82, 2.24) is 10.2 Å². The number of aldehydes is 1. The van der Waals surface area contributed by atoms with Crippen molar-refractivity contribution in [1.29, 1.82) is 0 Å². The van der Waals surface area contributed by atoms with Gasteiger partial charge in [0.1, 0.15) is 6.29 Å². The summed E-state index contributed by atoms with van der Waals surface area (Å²) in [6.45, 7) is 5.76. The van der Waals surface area contributed by atoms with E-state index in [0.717, 1.165) is 31.4 Å². The molecular formula is C14H20N2O. The molecule has 0 spiro atoms. The van der Waals surface area contributed by atoms with E-state index in [1.54, 1.807) is 0 Å². The molecule has 3 heteroatoms. The highest BCUT2D eigenvalue weighted by Crippen LogP contribution is 2.06. The lowest BCUT2D eigenvalue weighted by Crippen LogP contribution is -2.43. The summed E-state index contributed by atoms with van der Waals surface area (Å²) in [5, 5.41) is 3.36. The standard InChI is InChI=1S/C14H20N2O/c17-12-14-5-3-13(4-6-14)2-1-9-16-10-7-15-8-11-16/h3-6,12,15H,1-2,7-11H2. The largest absolute Gasteiger partial charge is 0.314 e. The van der Waals surface area contributed by atoms with E-state index in [0.29, 0.717) is 0 Å². The third-order valence-corrected chi connectivity index (χ3v) is 3.27. The van der Waals surface area contributed by atoms with Crippen LogP contribution in [0.2, 0.25) is 0 Å². The molecule has 1 fully saturated rings. The fraction of sp³-hybridized carbons (Fsp3) is 0.500. The fourth-order valence-electron chi connectivity index (χ4n) is 2.20. The summed E-state index contributed by atoms with van der Waals surface area (Å²) in [5.41, 5.74) is 2.08. The van der Waals surface area contributed by atoms with E-state index in [9.17, 15) is 4.79 Å². The van der Waals surface area contributed by atoms with Crippen LogP contribution in [0.3, 0.4) is 0 Å². The highest BCUT2D eigenvalue weighted by Gasteiger charge is 2.08. The Morgan fingerprint density at radius 3 is 2.53 bits per heavy atom. The minimum Gasteiger partial charge on any atom is -0.314 e. The van der Waals surface area contributed by atoms with Gasteiger partial charge in [0.2, 0.25) is 0 Å². The third kappa shape index (κ3) is 3.95. The van der Waals surface area contributed by atoms with Crippen LogP contribution in [0.15, 0.2) is 24.3 Å². The Bertz CT molecular complexity index is 342. The lowest BCUT2D eigenvalue weighted by Gasteiger charge is -2.27.